The molecule has 0 spiro atoms. The average molecular weight is 318 g/mol. The number of para-hydroxylation sites is 1. The van der Waals surface area contributed by atoms with Gasteiger partial charge >= 0.3 is 0 Å². The number of carbonyl (C=O) groups excluding carboxylic acids is 1. The molecule has 2 aromatic rings. The number of amides is 1. The third kappa shape index (κ3) is 2.90. The topological polar surface area (TPSA) is 64.1 Å². The van der Waals surface area contributed by atoms with Gasteiger partial charge in [-0.3, -0.25) is 4.79 Å². The fourth-order valence-electron chi connectivity index (χ4n) is 2.52. The molecule has 2 heterocycles. The third-order valence-corrected chi connectivity index (χ3v) is 4.11. The molecule has 3 rings (SSSR count). The van der Waals surface area contributed by atoms with Crippen LogP contribution >= 0.6 is 11.6 Å². The molecular formula is C16H16ClN3O2. The Hall–Kier alpha value is -2.14. The zero-order valence-electron chi connectivity index (χ0n) is 12.1. The Labute approximate surface area is 133 Å². The summed E-state index contributed by atoms with van der Waals surface area (Å²) in [5, 5.41) is 3.64. The quantitative estimate of drug-likeness (QED) is 0.945. The van der Waals surface area contributed by atoms with E-state index in [1.165, 1.54) is 6.33 Å². The number of rotatable bonds is 3. The maximum atomic E-state index is 12.5. The van der Waals surface area contributed by atoms with Crippen LogP contribution in [0.3, 0.4) is 0 Å². The van der Waals surface area contributed by atoms with Crippen molar-refractivity contribution in [2.75, 3.05) is 6.61 Å². The Morgan fingerprint density at radius 1 is 1.41 bits per heavy atom. The Morgan fingerprint density at radius 2 is 2.18 bits per heavy atom. The van der Waals surface area contributed by atoms with Gasteiger partial charge in [0.15, 0.2) is 0 Å². The molecule has 22 heavy (non-hydrogen) atoms. The van der Waals surface area contributed by atoms with Gasteiger partial charge in [0, 0.05) is 29.9 Å². The van der Waals surface area contributed by atoms with Crippen molar-refractivity contribution in [1.82, 2.24) is 15.3 Å². The van der Waals surface area contributed by atoms with Crippen LogP contribution in [0.4, 0.5) is 0 Å². The normalized spacial score (nSPS) is 18.0. The highest BCUT2D eigenvalue weighted by Gasteiger charge is 2.26. The van der Waals surface area contributed by atoms with Gasteiger partial charge in [0.05, 0.1) is 23.6 Å². The van der Waals surface area contributed by atoms with Gasteiger partial charge in [-0.2, -0.15) is 0 Å². The van der Waals surface area contributed by atoms with E-state index in [0.717, 1.165) is 17.5 Å². The summed E-state index contributed by atoms with van der Waals surface area (Å²) in [5.74, 6) is 0.288. The first-order valence-electron chi connectivity index (χ1n) is 7.13. The van der Waals surface area contributed by atoms with E-state index in [-0.39, 0.29) is 17.9 Å². The van der Waals surface area contributed by atoms with Crippen LogP contribution < -0.4 is 10.1 Å². The van der Waals surface area contributed by atoms with Crippen LogP contribution in [0.1, 0.15) is 36.4 Å². The number of hydrogen-bond acceptors (Lipinski definition) is 4. The molecule has 1 aliphatic rings. The van der Waals surface area contributed by atoms with Crippen LogP contribution in [0.15, 0.2) is 36.9 Å². The average Bonchev–Trinajstić information content (AvgIpc) is 2.56. The van der Waals surface area contributed by atoms with Crippen molar-refractivity contribution in [3.63, 3.8) is 0 Å². The summed E-state index contributed by atoms with van der Waals surface area (Å²) in [7, 11) is 0. The predicted molar refractivity (Wildman–Crippen MR) is 82.9 cm³/mol. The summed E-state index contributed by atoms with van der Waals surface area (Å²) in [6, 6.07) is 5.49. The molecule has 0 aliphatic carbocycles. The van der Waals surface area contributed by atoms with Crippen LogP contribution in [-0.2, 0) is 4.79 Å². The number of halogens is 1. The molecule has 1 aromatic carbocycles. The maximum absolute atomic E-state index is 12.5. The lowest BCUT2D eigenvalue weighted by atomic mass is 9.98. The van der Waals surface area contributed by atoms with Crippen molar-refractivity contribution in [1.29, 1.82) is 0 Å². The highest BCUT2D eigenvalue weighted by Crippen LogP contribution is 2.37. The lowest BCUT2D eigenvalue weighted by molar-refractivity contribution is -0.123. The lowest BCUT2D eigenvalue weighted by Gasteiger charge is -2.28. The number of benzene rings is 1. The number of carbonyl (C=O) groups is 1. The van der Waals surface area contributed by atoms with E-state index in [1.54, 1.807) is 18.5 Å². The van der Waals surface area contributed by atoms with Crippen molar-refractivity contribution in [3.8, 4) is 5.75 Å². The second-order valence-corrected chi connectivity index (χ2v) is 5.66. The molecule has 1 N–H and O–H groups in total. The number of ether oxygens (including phenoxy) is 1. The Morgan fingerprint density at radius 3 is 2.95 bits per heavy atom. The van der Waals surface area contributed by atoms with Crippen LogP contribution in [0, 0.1) is 0 Å². The Kier molecular flexibility index (Phi) is 4.24. The molecule has 0 bridgehead atoms. The van der Waals surface area contributed by atoms with Gasteiger partial charge in [0.25, 0.3) is 0 Å². The fourth-order valence-corrected chi connectivity index (χ4v) is 2.76. The van der Waals surface area contributed by atoms with Crippen molar-refractivity contribution in [3.05, 3.63) is 53.1 Å². The van der Waals surface area contributed by atoms with Crippen LogP contribution in [-0.4, -0.2) is 22.5 Å². The molecule has 6 heteroatoms. The van der Waals surface area contributed by atoms with E-state index in [9.17, 15) is 4.79 Å². The van der Waals surface area contributed by atoms with Gasteiger partial charge in [-0.15, -0.1) is 0 Å². The number of nitrogens with one attached hydrogen (secondary N) is 1. The van der Waals surface area contributed by atoms with Crippen LogP contribution in [0.2, 0.25) is 5.02 Å². The molecule has 5 nitrogen and oxygen atoms in total. The van der Waals surface area contributed by atoms with Crippen LogP contribution in [0.5, 0.6) is 5.75 Å². The molecule has 2 atom stereocenters. The minimum atomic E-state index is -0.313. The monoisotopic (exact) mass is 317 g/mol. The predicted octanol–water partition coefficient (Wildman–Crippen LogP) is 2.87. The highest BCUT2D eigenvalue weighted by molar-refractivity contribution is 6.32. The molecule has 114 valence electrons. The molecule has 0 fully saturated rings. The zero-order chi connectivity index (χ0) is 15.5. The van der Waals surface area contributed by atoms with Crippen molar-refractivity contribution in [2.24, 2.45) is 0 Å². The van der Waals surface area contributed by atoms with Gasteiger partial charge in [0.1, 0.15) is 12.1 Å². The molecule has 0 unspecified atom stereocenters. The summed E-state index contributed by atoms with van der Waals surface area (Å²) in [6.07, 6.45) is 5.49. The first-order chi connectivity index (χ1) is 10.7. The van der Waals surface area contributed by atoms with Crippen molar-refractivity contribution < 1.29 is 9.53 Å². The zero-order valence-corrected chi connectivity index (χ0v) is 12.9. The minimum absolute atomic E-state index is 0.0624. The largest absolute Gasteiger partial charge is 0.492 e. The van der Waals surface area contributed by atoms with E-state index in [2.05, 4.69) is 15.3 Å². The van der Waals surface area contributed by atoms with E-state index in [0.29, 0.717) is 17.4 Å². The van der Waals surface area contributed by atoms with E-state index >= 15 is 0 Å². The molecule has 1 aromatic heterocycles. The molecule has 0 saturated heterocycles. The van der Waals surface area contributed by atoms with Gasteiger partial charge in [0.2, 0.25) is 5.91 Å². The Bertz CT molecular complexity index is 678. The van der Waals surface area contributed by atoms with Crippen molar-refractivity contribution in [2.45, 2.75) is 25.3 Å². The SMILES string of the molecule is C[C@@H](C(=O)N[C@@H]1CCOc2c(Cl)cccc21)c1cncnc1. The van der Waals surface area contributed by atoms with Gasteiger partial charge in [-0.1, -0.05) is 23.7 Å². The molecule has 1 amide bonds. The smallest absolute Gasteiger partial charge is 0.227 e. The van der Waals surface area contributed by atoms with E-state index < -0.39 is 0 Å². The second-order valence-electron chi connectivity index (χ2n) is 5.25. The standard InChI is InChI=1S/C16H16ClN3O2/c1-10(11-7-18-9-19-8-11)16(21)20-14-5-6-22-15-12(14)3-2-4-13(15)17/h2-4,7-10,14H,5-6H2,1H3,(H,20,21)/t10-,14-/m1/s1. The number of aromatic nitrogens is 2. The van der Waals surface area contributed by atoms with Crippen LogP contribution in [0.25, 0.3) is 0 Å². The Balaban J connectivity index is 1.77. The molecular weight excluding hydrogens is 302 g/mol. The summed E-state index contributed by atoms with van der Waals surface area (Å²) in [4.78, 5) is 20.4. The minimum Gasteiger partial charge on any atom is -0.492 e. The molecule has 0 saturated carbocycles. The number of hydrogen-bond donors (Lipinski definition) is 1. The first kappa shape index (κ1) is 14.8. The fraction of sp³-hybridized carbons (Fsp3) is 0.312. The summed E-state index contributed by atoms with van der Waals surface area (Å²) >= 11 is 6.15. The summed E-state index contributed by atoms with van der Waals surface area (Å²) < 4.78 is 5.61. The maximum Gasteiger partial charge on any atom is 0.227 e. The number of fused-ring (bicyclic) bond motifs is 1. The van der Waals surface area contributed by atoms with Gasteiger partial charge in [-0.05, 0) is 13.0 Å². The van der Waals surface area contributed by atoms with Crippen molar-refractivity contribution >= 4 is 17.5 Å². The summed E-state index contributed by atoms with van der Waals surface area (Å²) in [6.45, 7) is 2.37. The third-order valence-electron chi connectivity index (χ3n) is 3.82. The molecule has 1 aliphatic heterocycles. The summed E-state index contributed by atoms with van der Waals surface area (Å²) in [5.41, 5.74) is 1.71. The van der Waals surface area contributed by atoms with E-state index in [1.807, 2.05) is 19.1 Å². The number of nitrogens with zero attached hydrogens (tertiary/aromatic N) is 2. The van der Waals surface area contributed by atoms with E-state index in [4.69, 9.17) is 16.3 Å². The molecule has 0 radical (unpaired) electrons. The highest BCUT2D eigenvalue weighted by atomic mass is 35.5. The first-order valence-corrected chi connectivity index (χ1v) is 7.51. The second kappa shape index (κ2) is 6.32. The van der Waals surface area contributed by atoms with Gasteiger partial charge in [-0.25, -0.2) is 9.97 Å². The van der Waals surface area contributed by atoms with Gasteiger partial charge < -0.3 is 10.1 Å². The lowest BCUT2D eigenvalue weighted by Crippen LogP contribution is -2.34.